The van der Waals surface area contributed by atoms with Gasteiger partial charge >= 0.3 is 0 Å². The molecule has 0 amide bonds. The van der Waals surface area contributed by atoms with E-state index in [0.29, 0.717) is 5.56 Å². The van der Waals surface area contributed by atoms with Gasteiger partial charge in [0.25, 0.3) is 0 Å². The van der Waals surface area contributed by atoms with E-state index < -0.39 is 12.0 Å². The van der Waals surface area contributed by atoms with E-state index in [4.69, 9.17) is 0 Å². The number of aliphatic hydroxyl groups excluding tert-OH is 1. The van der Waals surface area contributed by atoms with Crippen molar-refractivity contribution in [2.75, 3.05) is 0 Å². The van der Waals surface area contributed by atoms with Crippen LogP contribution < -0.4 is 0 Å². The Morgan fingerprint density at radius 1 is 1.00 bits per heavy atom. The first-order chi connectivity index (χ1) is 9.09. The van der Waals surface area contributed by atoms with Crippen molar-refractivity contribution in [2.24, 2.45) is 5.92 Å². The van der Waals surface area contributed by atoms with Gasteiger partial charge in [-0.3, -0.25) is 4.79 Å². The molecule has 2 aromatic carbocycles. The second-order valence-corrected chi connectivity index (χ2v) is 4.87. The van der Waals surface area contributed by atoms with Crippen LogP contribution in [0.3, 0.4) is 0 Å². The van der Waals surface area contributed by atoms with Crippen molar-refractivity contribution in [2.45, 2.75) is 20.0 Å². The molecule has 0 bridgehead atoms. The van der Waals surface area contributed by atoms with E-state index in [-0.39, 0.29) is 5.78 Å². The fraction of sp³-hybridized carbons (Fsp3) is 0.235. The van der Waals surface area contributed by atoms with E-state index in [9.17, 15) is 9.90 Å². The van der Waals surface area contributed by atoms with E-state index in [0.717, 1.165) is 11.1 Å². The Morgan fingerprint density at radius 3 is 2.16 bits per heavy atom. The Morgan fingerprint density at radius 2 is 1.58 bits per heavy atom. The van der Waals surface area contributed by atoms with Crippen molar-refractivity contribution in [1.82, 2.24) is 0 Å². The highest BCUT2D eigenvalue weighted by molar-refractivity contribution is 5.98. The first kappa shape index (κ1) is 13.5. The van der Waals surface area contributed by atoms with Gasteiger partial charge < -0.3 is 5.11 Å². The standard InChI is InChI=1S/C17H18O2/c1-12-8-10-15(11-9-12)17(19)13(2)16(18)14-6-4-3-5-7-14/h3-11,13,17,19H,1-2H3/t13-,17-/m1/s1. The molecule has 0 aliphatic carbocycles. The predicted octanol–water partition coefficient (Wildman–Crippen LogP) is 3.55. The average molecular weight is 254 g/mol. The van der Waals surface area contributed by atoms with Crippen molar-refractivity contribution in [3.8, 4) is 0 Å². The number of Topliss-reactive ketones (excluding diaryl/α,β-unsaturated/α-hetero) is 1. The molecule has 0 saturated heterocycles. The van der Waals surface area contributed by atoms with Gasteiger partial charge in [-0.1, -0.05) is 67.1 Å². The molecule has 2 aromatic rings. The molecule has 2 rings (SSSR count). The molecule has 0 aromatic heterocycles. The minimum absolute atomic E-state index is 0.0336. The molecule has 0 aliphatic rings. The summed E-state index contributed by atoms with van der Waals surface area (Å²) in [6.07, 6.45) is -0.770. The highest BCUT2D eigenvalue weighted by Crippen LogP contribution is 2.25. The van der Waals surface area contributed by atoms with Crippen molar-refractivity contribution >= 4 is 5.78 Å². The predicted molar refractivity (Wildman–Crippen MR) is 76.1 cm³/mol. The van der Waals surface area contributed by atoms with Gasteiger partial charge in [0.05, 0.1) is 6.10 Å². The van der Waals surface area contributed by atoms with E-state index >= 15 is 0 Å². The maximum atomic E-state index is 12.3. The van der Waals surface area contributed by atoms with Gasteiger partial charge in [0.15, 0.2) is 5.78 Å². The second kappa shape index (κ2) is 5.81. The summed E-state index contributed by atoms with van der Waals surface area (Å²) in [4.78, 5) is 12.3. The van der Waals surface area contributed by atoms with Crippen LogP contribution in [0.4, 0.5) is 0 Å². The molecule has 0 aliphatic heterocycles. The van der Waals surface area contributed by atoms with Gasteiger partial charge in [-0.2, -0.15) is 0 Å². The lowest BCUT2D eigenvalue weighted by atomic mass is 9.90. The van der Waals surface area contributed by atoms with E-state index in [2.05, 4.69) is 0 Å². The van der Waals surface area contributed by atoms with Crippen LogP contribution in [-0.2, 0) is 0 Å². The lowest BCUT2D eigenvalue weighted by Crippen LogP contribution is -2.19. The normalized spacial score (nSPS) is 13.8. The Bertz CT molecular complexity index is 543. The van der Waals surface area contributed by atoms with Crippen LogP contribution in [0.25, 0.3) is 0 Å². The van der Waals surface area contributed by atoms with Crippen molar-refractivity contribution < 1.29 is 9.90 Å². The van der Waals surface area contributed by atoms with Gasteiger partial charge in [-0.25, -0.2) is 0 Å². The van der Waals surface area contributed by atoms with Crippen molar-refractivity contribution in [3.63, 3.8) is 0 Å². The van der Waals surface area contributed by atoms with Crippen LogP contribution in [0.15, 0.2) is 54.6 Å². The first-order valence-electron chi connectivity index (χ1n) is 6.43. The van der Waals surface area contributed by atoms with Crippen LogP contribution in [0.1, 0.15) is 34.5 Å². The molecular formula is C17H18O2. The Hall–Kier alpha value is -1.93. The zero-order valence-electron chi connectivity index (χ0n) is 11.2. The lowest BCUT2D eigenvalue weighted by Gasteiger charge is -2.18. The van der Waals surface area contributed by atoms with Gasteiger partial charge in [0, 0.05) is 11.5 Å². The number of aliphatic hydroxyl groups is 1. The molecular weight excluding hydrogens is 236 g/mol. The number of carbonyl (C=O) groups excluding carboxylic acids is 1. The number of hydrogen-bond donors (Lipinski definition) is 1. The Balaban J connectivity index is 2.17. The van der Waals surface area contributed by atoms with Gasteiger partial charge in [-0.05, 0) is 12.5 Å². The number of hydrogen-bond acceptors (Lipinski definition) is 2. The molecule has 0 spiro atoms. The lowest BCUT2D eigenvalue weighted by molar-refractivity contribution is 0.0713. The highest BCUT2D eigenvalue weighted by atomic mass is 16.3. The zero-order chi connectivity index (χ0) is 13.8. The Kier molecular flexibility index (Phi) is 4.13. The highest BCUT2D eigenvalue weighted by Gasteiger charge is 2.24. The molecule has 19 heavy (non-hydrogen) atoms. The molecule has 2 heteroatoms. The van der Waals surface area contributed by atoms with Crippen molar-refractivity contribution in [1.29, 1.82) is 0 Å². The van der Waals surface area contributed by atoms with E-state index in [1.54, 1.807) is 19.1 Å². The summed E-state index contributed by atoms with van der Waals surface area (Å²) in [6.45, 7) is 3.76. The molecule has 0 fully saturated rings. The molecule has 2 atom stereocenters. The number of carbonyl (C=O) groups is 1. The quantitative estimate of drug-likeness (QED) is 0.847. The molecule has 98 valence electrons. The molecule has 0 saturated carbocycles. The van der Waals surface area contributed by atoms with Crippen LogP contribution in [0.5, 0.6) is 0 Å². The third-order valence-electron chi connectivity index (χ3n) is 3.36. The van der Waals surface area contributed by atoms with E-state index in [1.807, 2.05) is 49.4 Å². The molecule has 1 N–H and O–H groups in total. The summed E-state index contributed by atoms with van der Waals surface area (Å²) < 4.78 is 0. The minimum Gasteiger partial charge on any atom is -0.388 e. The van der Waals surface area contributed by atoms with Crippen LogP contribution in [0, 0.1) is 12.8 Å². The van der Waals surface area contributed by atoms with Gasteiger partial charge in [0.2, 0.25) is 0 Å². The van der Waals surface area contributed by atoms with Crippen LogP contribution >= 0.6 is 0 Å². The van der Waals surface area contributed by atoms with Crippen LogP contribution in [0.2, 0.25) is 0 Å². The minimum atomic E-state index is -0.770. The zero-order valence-corrected chi connectivity index (χ0v) is 11.2. The first-order valence-corrected chi connectivity index (χ1v) is 6.43. The molecule has 0 unspecified atom stereocenters. The fourth-order valence-corrected chi connectivity index (χ4v) is 2.06. The fourth-order valence-electron chi connectivity index (χ4n) is 2.06. The van der Waals surface area contributed by atoms with Gasteiger partial charge in [0.1, 0.15) is 0 Å². The number of benzene rings is 2. The Labute approximate surface area is 113 Å². The summed E-state index contributed by atoms with van der Waals surface area (Å²) in [5, 5.41) is 10.3. The summed E-state index contributed by atoms with van der Waals surface area (Å²) in [6, 6.07) is 16.7. The van der Waals surface area contributed by atoms with Crippen molar-refractivity contribution in [3.05, 3.63) is 71.3 Å². The number of aryl methyl sites for hydroxylation is 1. The van der Waals surface area contributed by atoms with Gasteiger partial charge in [-0.15, -0.1) is 0 Å². The average Bonchev–Trinajstić information content (AvgIpc) is 2.46. The smallest absolute Gasteiger partial charge is 0.168 e. The number of ketones is 1. The third kappa shape index (κ3) is 3.09. The molecule has 0 radical (unpaired) electrons. The second-order valence-electron chi connectivity index (χ2n) is 4.87. The molecule has 0 heterocycles. The summed E-state index contributed by atoms with van der Waals surface area (Å²) in [5.74, 6) is -0.487. The SMILES string of the molecule is Cc1ccc([C@H](O)[C@H](C)C(=O)c2ccccc2)cc1. The maximum Gasteiger partial charge on any atom is 0.168 e. The molecule has 2 nitrogen and oxygen atoms in total. The largest absolute Gasteiger partial charge is 0.388 e. The third-order valence-corrected chi connectivity index (χ3v) is 3.36. The van der Waals surface area contributed by atoms with Crippen LogP contribution in [-0.4, -0.2) is 10.9 Å². The number of rotatable bonds is 4. The maximum absolute atomic E-state index is 12.3. The summed E-state index contributed by atoms with van der Waals surface area (Å²) >= 11 is 0. The summed E-state index contributed by atoms with van der Waals surface area (Å²) in [7, 11) is 0. The van der Waals surface area contributed by atoms with E-state index in [1.165, 1.54) is 0 Å². The monoisotopic (exact) mass is 254 g/mol. The topological polar surface area (TPSA) is 37.3 Å². The summed E-state index contributed by atoms with van der Waals surface area (Å²) in [5.41, 5.74) is 2.56.